The number of benzene rings is 1. The summed E-state index contributed by atoms with van der Waals surface area (Å²) in [6.07, 6.45) is 5.65. The number of aryl methyl sites for hydroxylation is 2. The zero-order chi connectivity index (χ0) is 12.4. The molecule has 0 radical (unpaired) electrons. The van der Waals surface area contributed by atoms with E-state index in [4.69, 9.17) is 4.74 Å². The number of rotatable bonds is 2. The molecule has 0 amide bonds. The minimum Gasteiger partial charge on any atom is -0.498 e. The summed E-state index contributed by atoms with van der Waals surface area (Å²) in [7, 11) is 0. The van der Waals surface area contributed by atoms with Gasteiger partial charge in [0, 0.05) is 6.42 Å². The Morgan fingerprint density at radius 3 is 2.29 bits per heavy atom. The first-order valence-corrected chi connectivity index (χ1v) is 6.44. The van der Waals surface area contributed by atoms with Gasteiger partial charge in [-0.15, -0.1) is 0 Å². The van der Waals surface area contributed by atoms with Crippen LogP contribution in [0.4, 0.5) is 0 Å². The average Bonchev–Trinajstić information content (AvgIpc) is 2.29. The molecule has 1 aliphatic rings. The minimum atomic E-state index is 0.361. The highest BCUT2D eigenvalue weighted by molar-refractivity contribution is 5.37. The van der Waals surface area contributed by atoms with Gasteiger partial charge in [-0.3, -0.25) is 0 Å². The monoisotopic (exact) mass is 230 g/mol. The van der Waals surface area contributed by atoms with Crippen molar-refractivity contribution in [3.63, 3.8) is 0 Å². The molecule has 1 heterocycles. The Bertz CT molecular complexity index is 420. The Hall–Kier alpha value is -1.24. The van der Waals surface area contributed by atoms with E-state index in [1.165, 1.54) is 34.2 Å². The molecular weight excluding hydrogens is 208 g/mol. The molecule has 0 saturated carbocycles. The van der Waals surface area contributed by atoms with Gasteiger partial charge in [0.05, 0.1) is 6.26 Å². The summed E-state index contributed by atoms with van der Waals surface area (Å²) >= 11 is 0. The molecule has 0 spiro atoms. The van der Waals surface area contributed by atoms with Crippen LogP contribution >= 0.6 is 0 Å². The Labute approximate surface area is 104 Å². The maximum Gasteiger partial charge on any atom is 0.102 e. The molecule has 0 N–H and O–H groups in total. The number of allylic oxidation sites excluding steroid dienone is 1. The van der Waals surface area contributed by atoms with Crippen LogP contribution in [0, 0.1) is 20.8 Å². The van der Waals surface area contributed by atoms with Crippen molar-refractivity contribution < 1.29 is 4.74 Å². The third-order valence-corrected chi connectivity index (χ3v) is 3.77. The third kappa shape index (κ3) is 2.91. The second-order valence-corrected chi connectivity index (χ2v) is 5.32. The number of hydrogen-bond acceptors (Lipinski definition) is 1. The maximum absolute atomic E-state index is 5.74. The van der Waals surface area contributed by atoms with Crippen LogP contribution in [0.25, 0.3) is 0 Å². The second-order valence-electron chi connectivity index (χ2n) is 5.32. The Morgan fingerprint density at radius 2 is 1.76 bits per heavy atom. The summed E-state index contributed by atoms with van der Waals surface area (Å²) in [5.74, 6) is 0. The molecule has 0 aromatic heterocycles. The molecule has 1 heteroatoms. The van der Waals surface area contributed by atoms with Crippen LogP contribution in [0.5, 0.6) is 0 Å². The van der Waals surface area contributed by atoms with Crippen LogP contribution in [0.3, 0.4) is 0 Å². The smallest absolute Gasteiger partial charge is 0.102 e. The first-order valence-electron chi connectivity index (χ1n) is 6.44. The van der Waals surface area contributed by atoms with E-state index in [2.05, 4.69) is 39.8 Å². The highest BCUT2D eigenvalue weighted by Gasteiger charge is 2.14. The molecule has 0 saturated heterocycles. The normalized spacial score (nSPS) is 19.8. The van der Waals surface area contributed by atoms with Gasteiger partial charge in [-0.2, -0.15) is 0 Å². The number of ether oxygens (including phenoxy) is 1. The molecule has 17 heavy (non-hydrogen) atoms. The lowest BCUT2D eigenvalue weighted by molar-refractivity contribution is 0.120. The fourth-order valence-corrected chi connectivity index (χ4v) is 2.38. The number of hydrogen-bond donors (Lipinski definition) is 0. The van der Waals surface area contributed by atoms with Crippen LogP contribution in [0.15, 0.2) is 24.0 Å². The molecule has 1 nitrogen and oxygen atoms in total. The van der Waals surface area contributed by atoms with Crippen LogP contribution in [0.2, 0.25) is 0 Å². The fourth-order valence-electron chi connectivity index (χ4n) is 2.38. The topological polar surface area (TPSA) is 9.23 Å². The van der Waals surface area contributed by atoms with E-state index in [0.717, 1.165) is 12.8 Å². The zero-order valence-corrected chi connectivity index (χ0v) is 11.3. The van der Waals surface area contributed by atoms with E-state index >= 15 is 0 Å². The summed E-state index contributed by atoms with van der Waals surface area (Å²) in [6, 6.07) is 4.60. The highest BCUT2D eigenvalue weighted by atomic mass is 16.5. The molecule has 2 rings (SSSR count). The predicted octanol–water partition coefficient (Wildman–Crippen LogP) is 4.24. The Kier molecular flexibility index (Phi) is 3.56. The lowest BCUT2D eigenvalue weighted by Crippen LogP contribution is -2.17. The zero-order valence-electron chi connectivity index (χ0n) is 11.3. The largest absolute Gasteiger partial charge is 0.498 e. The van der Waals surface area contributed by atoms with Crippen molar-refractivity contribution in [3.8, 4) is 0 Å². The van der Waals surface area contributed by atoms with Gasteiger partial charge in [-0.1, -0.05) is 12.1 Å². The van der Waals surface area contributed by atoms with Crippen LogP contribution in [0.1, 0.15) is 42.0 Å². The fraction of sp³-hybridized carbons (Fsp3) is 0.500. The van der Waals surface area contributed by atoms with Gasteiger partial charge in [0.25, 0.3) is 0 Å². The Morgan fingerprint density at radius 1 is 1.12 bits per heavy atom. The molecule has 0 bridgehead atoms. The van der Waals surface area contributed by atoms with Gasteiger partial charge in [0.1, 0.15) is 6.10 Å². The molecule has 1 aromatic rings. The maximum atomic E-state index is 5.74. The first-order chi connectivity index (χ1) is 8.06. The van der Waals surface area contributed by atoms with Gasteiger partial charge in [-0.05, 0) is 68.4 Å². The van der Waals surface area contributed by atoms with Gasteiger partial charge in [-0.25, -0.2) is 0 Å². The average molecular weight is 230 g/mol. The first kappa shape index (κ1) is 12.2. The second kappa shape index (κ2) is 4.95. The minimum absolute atomic E-state index is 0.361. The molecule has 1 unspecified atom stereocenters. The molecule has 1 aromatic carbocycles. The third-order valence-electron chi connectivity index (χ3n) is 3.77. The van der Waals surface area contributed by atoms with Crippen molar-refractivity contribution in [2.24, 2.45) is 0 Å². The predicted molar refractivity (Wildman–Crippen MR) is 72.2 cm³/mol. The molecule has 1 atom stereocenters. The van der Waals surface area contributed by atoms with Crippen molar-refractivity contribution in [3.05, 3.63) is 46.2 Å². The van der Waals surface area contributed by atoms with Crippen molar-refractivity contribution >= 4 is 0 Å². The van der Waals surface area contributed by atoms with Gasteiger partial charge in [0.15, 0.2) is 0 Å². The van der Waals surface area contributed by atoms with Gasteiger partial charge in [0.2, 0.25) is 0 Å². The molecule has 1 aliphatic heterocycles. The Balaban J connectivity index is 2.09. The van der Waals surface area contributed by atoms with E-state index in [0.29, 0.717) is 6.10 Å². The van der Waals surface area contributed by atoms with Crippen LogP contribution in [-0.4, -0.2) is 6.10 Å². The molecule has 0 fully saturated rings. The highest BCUT2D eigenvalue weighted by Crippen LogP contribution is 2.22. The molecule has 0 aliphatic carbocycles. The summed E-state index contributed by atoms with van der Waals surface area (Å²) in [4.78, 5) is 0. The standard InChI is InChI=1S/C16H22O/c1-11-5-6-16(17-10-11)9-15-7-12(2)14(4)13(3)8-15/h7-8,10,16H,5-6,9H2,1-4H3. The molecule has 92 valence electrons. The van der Waals surface area contributed by atoms with Crippen LogP contribution < -0.4 is 0 Å². The van der Waals surface area contributed by atoms with Gasteiger partial charge < -0.3 is 4.74 Å². The van der Waals surface area contributed by atoms with Gasteiger partial charge >= 0.3 is 0 Å². The van der Waals surface area contributed by atoms with Crippen molar-refractivity contribution in [2.45, 2.75) is 53.1 Å². The summed E-state index contributed by atoms with van der Waals surface area (Å²) in [5.41, 5.74) is 6.96. The summed E-state index contributed by atoms with van der Waals surface area (Å²) in [5, 5.41) is 0. The summed E-state index contributed by atoms with van der Waals surface area (Å²) in [6.45, 7) is 8.71. The lowest BCUT2D eigenvalue weighted by atomic mass is 9.95. The van der Waals surface area contributed by atoms with E-state index in [-0.39, 0.29) is 0 Å². The summed E-state index contributed by atoms with van der Waals surface area (Å²) < 4.78 is 5.74. The quantitative estimate of drug-likeness (QED) is 0.738. The van der Waals surface area contributed by atoms with E-state index in [1.54, 1.807) is 0 Å². The van der Waals surface area contributed by atoms with E-state index in [9.17, 15) is 0 Å². The molecular formula is C16H22O. The SMILES string of the molecule is CC1=COC(Cc2cc(C)c(C)c(C)c2)CC1. The van der Waals surface area contributed by atoms with Crippen molar-refractivity contribution in [1.82, 2.24) is 0 Å². The van der Waals surface area contributed by atoms with Crippen LogP contribution in [-0.2, 0) is 11.2 Å². The van der Waals surface area contributed by atoms with E-state index in [1.807, 2.05) is 6.26 Å². The van der Waals surface area contributed by atoms with E-state index < -0.39 is 0 Å². The van der Waals surface area contributed by atoms with Crippen molar-refractivity contribution in [2.75, 3.05) is 0 Å². The van der Waals surface area contributed by atoms with Crippen molar-refractivity contribution in [1.29, 1.82) is 0 Å². The lowest BCUT2D eigenvalue weighted by Gasteiger charge is -2.22.